The van der Waals surface area contributed by atoms with Crippen LogP contribution in [0.3, 0.4) is 0 Å². The second-order valence-corrected chi connectivity index (χ2v) is 3.54. The molecule has 0 aliphatic carbocycles. The van der Waals surface area contributed by atoms with Crippen LogP contribution >= 0.6 is 11.8 Å². The van der Waals surface area contributed by atoms with E-state index in [0.717, 1.165) is 10.6 Å². The summed E-state index contributed by atoms with van der Waals surface area (Å²) in [6, 6.07) is 4.25. The summed E-state index contributed by atoms with van der Waals surface area (Å²) < 4.78 is 12.6. The summed E-state index contributed by atoms with van der Waals surface area (Å²) in [5, 5.41) is 0. The van der Waals surface area contributed by atoms with Gasteiger partial charge in [-0.25, -0.2) is 4.39 Å². The van der Waals surface area contributed by atoms with E-state index in [2.05, 4.69) is 0 Å². The summed E-state index contributed by atoms with van der Waals surface area (Å²) in [6.45, 7) is 1.99. The molecule has 0 fully saturated rings. The summed E-state index contributed by atoms with van der Waals surface area (Å²) in [5.41, 5.74) is 0.432. The number of rotatable bonds is 3. The lowest BCUT2D eigenvalue weighted by molar-refractivity contribution is 0.112. The van der Waals surface area contributed by atoms with Gasteiger partial charge in [0, 0.05) is 10.5 Å². The van der Waals surface area contributed by atoms with Gasteiger partial charge in [0.05, 0.1) is 0 Å². The van der Waals surface area contributed by atoms with Gasteiger partial charge in [-0.2, -0.15) is 0 Å². The molecule has 0 aromatic heterocycles. The van der Waals surface area contributed by atoms with Crippen molar-refractivity contribution in [2.24, 2.45) is 0 Å². The highest BCUT2D eigenvalue weighted by molar-refractivity contribution is 7.99. The van der Waals surface area contributed by atoms with Crippen molar-refractivity contribution in [1.82, 2.24) is 0 Å². The summed E-state index contributed by atoms with van der Waals surface area (Å²) in [5.74, 6) is 0.518. The van der Waals surface area contributed by atoms with Crippen LogP contribution in [0.25, 0.3) is 0 Å². The molecule has 1 rings (SSSR count). The Labute approximate surface area is 75.0 Å². The molecular formula is C9H9FOS. The van der Waals surface area contributed by atoms with Crippen molar-refractivity contribution in [2.45, 2.75) is 11.8 Å². The molecular weight excluding hydrogens is 175 g/mol. The van der Waals surface area contributed by atoms with Crippen molar-refractivity contribution >= 4 is 18.0 Å². The van der Waals surface area contributed by atoms with Gasteiger partial charge in [-0.1, -0.05) is 6.92 Å². The highest BCUT2D eigenvalue weighted by Crippen LogP contribution is 2.21. The minimum atomic E-state index is -0.363. The van der Waals surface area contributed by atoms with Crippen LogP contribution in [-0.4, -0.2) is 12.0 Å². The van der Waals surface area contributed by atoms with Crippen molar-refractivity contribution in [3.05, 3.63) is 29.6 Å². The Balaban J connectivity index is 3.02. The van der Waals surface area contributed by atoms with Crippen molar-refractivity contribution < 1.29 is 9.18 Å². The molecule has 0 bridgehead atoms. The second kappa shape index (κ2) is 4.26. The SMILES string of the molecule is CCSc1ccc(F)cc1C=O. The average Bonchev–Trinajstić information content (AvgIpc) is 2.08. The zero-order valence-electron chi connectivity index (χ0n) is 6.71. The van der Waals surface area contributed by atoms with Crippen LogP contribution in [0.1, 0.15) is 17.3 Å². The van der Waals surface area contributed by atoms with E-state index in [1.807, 2.05) is 6.92 Å². The highest BCUT2D eigenvalue weighted by Gasteiger charge is 2.01. The van der Waals surface area contributed by atoms with Gasteiger partial charge in [0.1, 0.15) is 5.82 Å². The second-order valence-electron chi connectivity index (χ2n) is 2.23. The number of thioether (sulfide) groups is 1. The molecule has 0 radical (unpaired) electrons. The first kappa shape index (κ1) is 9.26. The third-order valence-corrected chi connectivity index (χ3v) is 2.37. The molecule has 1 aromatic carbocycles. The molecule has 64 valence electrons. The summed E-state index contributed by atoms with van der Waals surface area (Å²) >= 11 is 1.54. The van der Waals surface area contributed by atoms with Gasteiger partial charge in [0.15, 0.2) is 6.29 Å². The lowest BCUT2D eigenvalue weighted by Crippen LogP contribution is -1.87. The average molecular weight is 184 g/mol. The first-order chi connectivity index (χ1) is 5.77. The van der Waals surface area contributed by atoms with Crippen LogP contribution < -0.4 is 0 Å². The third-order valence-electron chi connectivity index (χ3n) is 1.40. The topological polar surface area (TPSA) is 17.1 Å². The Kier molecular flexibility index (Phi) is 3.29. The Hall–Kier alpha value is -0.830. The third kappa shape index (κ3) is 2.08. The minimum Gasteiger partial charge on any atom is -0.298 e. The van der Waals surface area contributed by atoms with Crippen LogP contribution in [0.15, 0.2) is 23.1 Å². The van der Waals surface area contributed by atoms with Gasteiger partial charge in [0.2, 0.25) is 0 Å². The van der Waals surface area contributed by atoms with Crippen molar-refractivity contribution in [3.8, 4) is 0 Å². The predicted octanol–water partition coefficient (Wildman–Crippen LogP) is 2.75. The van der Waals surface area contributed by atoms with E-state index in [1.54, 1.807) is 6.07 Å². The van der Waals surface area contributed by atoms with Crippen molar-refractivity contribution in [2.75, 3.05) is 5.75 Å². The number of halogens is 1. The number of benzene rings is 1. The van der Waals surface area contributed by atoms with E-state index in [0.29, 0.717) is 11.8 Å². The van der Waals surface area contributed by atoms with Gasteiger partial charge in [0.25, 0.3) is 0 Å². The minimum absolute atomic E-state index is 0.363. The van der Waals surface area contributed by atoms with Gasteiger partial charge in [-0.15, -0.1) is 11.8 Å². The van der Waals surface area contributed by atoms with Crippen LogP contribution in [-0.2, 0) is 0 Å². The molecule has 0 atom stereocenters. The molecule has 1 nitrogen and oxygen atoms in total. The van der Waals surface area contributed by atoms with Crippen LogP contribution in [0.2, 0.25) is 0 Å². The normalized spacial score (nSPS) is 9.83. The lowest BCUT2D eigenvalue weighted by atomic mass is 10.2. The molecule has 0 N–H and O–H groups in total. The molecule has 0 amide bonds. The zero-order chi connectivity index (χ0) is 8.97. The first-order valence-electron chi connectivity index (χ1n) is 3.65. The van der Waals surface area contributed by atoms with E-state index in [4.69, 9.17) is 0 Å². The molecule has 0 spiro atoms. The van der Waals surface area contributed by atoms with Crippen LogP contribution in [0.5, 0.6) is 0 Å². The number of carbonyl (C=O) groups is 1. The van der Waals surface area contributed by atoms with E-state index in [1.165, 1.54) is 23.9 Å². The molecule has 0 unspecified atom stereocenters. The monoisotopic (exact) mass is 184 g/mol. The van der Waals surface area contributed by atoms with Crippen molar-refractivity contribution in [3.63, 3.8) is 0 Å². The molecule has 0 aliphatic heterocycles. The summed E-state index contributed by atoms with van der Waals surface area (Å²) in [4.78, 5) is 11.3. The van der Waals surface area contributed by atoms with E-state index in [9.17, 15) is 9.18 Å². The molecule has 1 aromatic rings. The Morgan fingerprint density at radius 2 is 2.33 bits per heavy atom. The van der Waals surface area contributed by atoms with Crippen LogP contribution in [0, 0.1) is 5.82 Å². The smallest absolute Gasteiger partial charge is 0.151 e. The zero-order valence-corrected chi connectivity index (χ0v) is 7.53. The molecule has 0 saturated carbocycles. The van der Waals surface area contributed by atoms with E-state index >= 15 is 0 Å². The maximum absolute atomic E-state index is 12.6. The fraction of sp³-hybridized carbons (Fsp3) is 0.222. The largest absolute Gasteiger partial charge is 0.298 e. The van der Waals surface area contributed by atoms with Gasteiger partial charge in [-0.3, -0.25) is 4.79 Å². The maximum Gasteiger partial charge on any atom is 0.151 e. The molecule has 0 saturated heterocycles. The Morgan fingerprint density at radius 1 is 1.58 bits per heavy atom. The highest BCUT2D eigenvalue weighted by atomic mass is 32.2. The maximum atomic E-state index is 12.6. The van der Waals surface area contributed by atoms with Gasteiger partial charge < -0.3 is 0 Å². The fourth-order valence-electron chi connectivity index (χ4n) is 0.898. The summed E-state index contributed by atoms with van der Waals surface area (Å²) in [6.07, 6.45) is 0.682. The van der Waals surface area contributed by atoms with E-state index in [-0.39, 0.29) is 5.82 Å². The van der Waals surface area contributed by atoms with Gasteiger partial charge >= 0.3 is 0 Å². The standard InChI is InChI=1S/C9H9FOS/c1-2-12-9-4-3-8(10)5-7(9)6-11/h3-6H,2H2,1H3. The quantitative estimate of drug-likeness (QED) is 0.530. The number of aldehydes is 1. The predicted molar refractivity (Wildman–Crippen MR) is 48.2 cm³/mol. The van der Waals surface area contributed by atoms with Crippen LogP contribution in [0.4, 0.5) is 4.39 Å². The number of hydrogen-bond donors (Lipinski definition) is 0. The van der Waals surface area contributed by atoms with E-state index < -0.39 is 0 Å². The van der Waals surface area contributed by atoms with Crippen molar-refractivity contribution in [1.29, 1.82) is 0 Å². The number of carbonyl (C=O) groups excluding carboxylic acids is 1. The molecule has 3 heteroatoms. The lowest BCUT2D eigenvalue weighted by Gasteiger charge is -2.01. The first-order valence-corrected chi connectivity index (χ1v) is 4.64. The molecule has 0 aliphatic rings. The number of hydrogen-bond acceptors (Lipinski definition) is 2. The Bertz CT molecular complexity index is 286. The fourth-order valence-corrected chi connectivity index (χ4v) is 1.65. The van der Waals surface area contributed by atoms with Gasteiger partial charge in [-0.05, 0) is 24.0 Å². The molecule has 0 heterocycles. The summed E-state index contributed by atoms with van der Waals surface area (Å²) in [7, 11) is 0. The Morgan fingerprint density at radius 3 is 2.92 bits per heavy atom. The molecule has 12 heavy (non-hydrogen) atoms.